The molecule has 0 bridgehead atoms. The van der Waals surface area contributed by atoms with Crippen LogP contribution in [0.25, 0.3) is 0 Å². The van der Waals surface area contributed by atoms with Gasteiger partial charge in [-0.15, -0.1) is 0 Å². The molecule has 19 atom stereocenters. The van der Waals surface area contributed by atoms with Gasteiger partial charge in [0.2, 0.25) is 0 Å². The summed E-state index contributed by atoms with van der Waals surface area (Å²) < 4.78 is 24.0. The number of ether oxygens (including phenoxy) is 4. The van der Waals surface area contributed by atoms with E-state index in [9.17, 15) is 46.0 Å². The Labute approximate surface area is 325 Å². The second-order valence-corrected chi connectivity index (χ2v) is 20.3. The Bertz CT molecular complexity index is 1500. The minimum Gasteiger partial charge on any atom is -0.396 e. The Kier molecular flexibility index (Phi) is 11.0. The van der Waals surface area contributed by atoms with Crippen LogP contribution in [0.15, 0.2) is 23.3 Å². The van der Waals surface area contributed by atoms with Crippen LogP contribution in [-0.2, 0) is 18.9 Å². The molecule has 3 saturated carbocycles. The zero-order valence-corrected chi connectivity index (χ0v) is 33.7. The van der Waals surface area contributed by atoms with Crippen molar-refractivity contribution in [3.8, 4) is 0 Å². The van der Waals surface area contributed by atoms with E-state index in [1.807, 2.05) is 6.92 Å². The van der Waals surface area contributed by atoms with Gasteiger partial charge in [-0.2, -0.15) is 0 Å². The SMILES string of the molecule is CC1OC(OC2CC[C@@]3(C)C(CC[C@]4(C)C3C=CC3=C5CC(C)(C)CC[C@]5(CO)C(O)C[C@]34C)[C@]2(C)CO)C(O)C(OC2OC(CO)C(O)C(O)C2O)C1O. The number of aliphatic hydroxyl groups is 9. The number of aliphatic hydroxyl groups excluding tert-OH is 9. The van der Waals surface area contributed by atoms with Gasteiger partial charge in [-0.1, -0.05) is 59.3 Å². The lowest BCUT2D eigenvalue weighted by Crippen LogP contribution is -2.67. The monoisotopic (exact) mass is 780 g/mol. The van der Waals surface area contributed by atoms with E-state index < -0.39 is 91.1 Å². The van der Waals surface area contributed by atoms with E-state index >= 15 is 0 Å². The Morgan fingerprint density at radius 2 is 1.44 bits per heavy atom. The summed E-state index contributed by atoms with van der Waals surface area (Å²) >= 11 is 0. The molecule has 7 aliphatic rings. The molecule has 0 radical (unpaired) electrons. The molecule has 13 nitrogen and oxygen atoms in total. The number of fused-ring (bicyclic) bond motifs is 6. The van der Waals surface area contributed by atoms with Crippen molar-refractivity contribution in [3.63, 3.8) is 0 Å². The van der Waals surface area contributed by atoms with Gasteiger partial charge in [-0.3, -0.25) is 0 Å². The highest BCUT2D eigenvalue weighted by molar-refractivity contribution is 5.47. The predicted octanol–water partition coefficient (Wildman–Crippen LogP) is 1.68. The van der Waals surface area contributed by atoms with Crippen molar-refractivity contribution in [1.82, 2.24) is 0 Å². The van der Waals surface area contributed by atoms with Crippen molar-refractivity contribution >= 4 is 0 Å². The Balaban J connectivity index is 1.15. The Morgan fingerprint density at radius 3 is 2.09 bits per heavy atom. The van der Waals surface area contributed by atoms with E-state index in [0.29, 0.717) is 12.8 Å². The molecule has 13 heteroatoms. The minimum atomic E-state index is -1.73. The van der Waals surface area contributed by atoms with E-state index in [1.165, 1.54) is 11.1 Å². The third-order valence-electron chi connectivity index (χ3n) is 16.8. The summed E-state index contributed by atoms with van der Waals surface area (Å²) in [6, 6.07) is 0. The van der Waals surface area contributed by atoms with Crippen LogP contribution < -0.4 is 0 Å². The van der Waals surface area contributed by atoms with Crippen molar-refractivity contribution < 1.29 is 64.9 Å². The van der Waals surface area contributed by atoms with E-state index in [1.54, 1.807) is 6.92 Å². The van der Waals surface area contributed by atoms with Crippen LogP contribution in [0.3, 0.4) is 0 Å². The van der Waals surface area contributed by atoms with E-state index in [-0.39, 0.29) is 46.7 Å². The van der Waals surface area contributed by atoms with Gasteiger partial charge in [0.25, 0.3) is 0 Å². The quantitative estimate of drug-likeness (QED) is 0.168. The fourth-order valence-corrected chi connectivity index (χ4v) is 13.0. The fourth-order valence-electron chi connectivity index (χ4n) is 13.0. The van der Waals surface area contributed by atoms with Crippen LogP contribution >= 0.6 is 0 Å². The lowest BCUT2D eigenvalue weighted by Gasteiger charge is -2.70. The molecule has 2 saturated heterocycles. The first-order chi connectivity index (χ1) is 25.7. The van der Waals surface area contributed by atoms with Gasteiger partial charge in [0.15, 0.2) is 12.6 Å². The topological polar surface area (TPSA) is 219 Å². The number of hydrogen-bond donors (Lipinski definition) is 9. The van der Waals surface area contributed by atoms with Gasteiger partial charge in [0, 0.05) is 16.2 Å². The summed E-state index contributed by atoms with van der Waals surface area (Å²) in [6.07, 6.45) is -4.63. The van der Waals surface area contributed by atoms with Crippen LogP contribution in [0.4, 0.5) is 0 Å². The molecule has 0 aromatic heterocycles. The summed E-state index contributed by atoms with van der Waals surface area (Å²) in [6.45, 7) is 14.4. The third kappa shape index (κ3) is 6.12. The van der Waals surface area contributed by atoms with Crippen molar-refractivity contribution in [3.05, 3.63) is 23.3 Å². The van der Waals surface area contributed by atoms with Gasteiger partial charge >= 0.3 is 0 Å². The zero-order chi connectivity index (χ0) is 40.3. The van der Waals surface area contributed by atoms with Crippen molar-refractivity contribution in [2.24, 2.45) is 44.3 Å². The molecule has 5 fully saturated rings. The summed E-state index contributed by atoms with van der Waals surface area (Å²) in [5.74, 6) is 0.154. The average Bonchev–Trinajstić information content (AvgIpc) is 3.13. The maximum absolute atomic E-state index is 12.0. The maximum Gasteiger partial charge on any atom is 0.187 e. The first-order valence-corrected chi connectivity index (χ1v) is 20.6. The zero-order valence-electron chi connectivity index (χ0n) is 33.7. The average molecular weight is 781 g/mol. The van der Waals surface area contributed by atoms with Crippen LogP contribution in [0.5, 0.6) is 0 Å². The third-order valence-corrected chi connectivity index (χ3v) is 16.8. The van der Waals surface area contributed by atoms with Gasteiger partial charge in [-0.25, -0.2) is 0 Å². The summed E-state index contributed by atoms with van der Waals surface area (Å²) in [4.78, 5) is 0. The molecule has 0 aromatic carbocycles. The molecular weight excluding hydrogens is 712 g/mol. The molecule has 0 amide bonds. The normalized spacial score (nSPS) is 54.9. The Hall–Kier alpha value is -1.04. The van der Waals surface area contributed by atoms with Gasteiger partial charge in [0.05, 0.1) is 38.1 Å². The minimum absolute atomic E-state index is 0.0212. The van der Waals surface area contributed by atoms with Crippen molar-refractivity contribution in [2.75, 3.05) is 19.8 Å². The first-order valence-electron chi connectivity index (χ1n) is 20.6. The smallest absolute Gasteiger partial charge is 0.187 e. The van der Waals surface area contributed by atoms with Crippen LogP contribution in [0.2, 0.25) is 0 Å². The molecular formula is C42H68O13. The molecule has 9 N–H and O–H groups in total. The predicted molar refractivity (Wildman–Crippen MR) is 199 cm³/mol. The van der Waals surface area contributed by atoms with E-state index in [0.717, 1.165) is 38.5 Å². The van der Waals surface area contributed by atoms with Crippen LogP contribution in [0.1, 0.15) is 99.8 Å². The van der Waals surface area contributed by atoms with Crippen LogP contribution in [-0.4, -0.2) is 139 Å². The first kappa shape index (κ1) is 42.1. The highest BCUT2D eigenvalue weighted by Crippen LogP contribution is 2.74. The number of rotatable bonds is 7. The van der Waals surface area contributed by atoms with Crippen LogP contribution in [0, 0.1) is 44.3 Å². The second kappa shape index (κ2) is 14.3. The molecule has 314 valence electrons. The molecule has 14 unspecified atom stereocenters. The van der Waals surface area contributed by atoms with Gasteiger partial charge in [-0.05, 0) is 91.9 Å². The lowest BCUT2D eigenvalue weighted by atomic mass is 9.35. The number of allylic oxidation sites excluding steroid dienone is 3. The second-order valence-electron chi connectivity index (χ2n) is 20.3. The van der Waals surface area contributed by atoms with E-state index in [4.69, 9.17) is 18.9 Å². The summed E-state index contributed by atoms with van der Waals surface area (Å²) in [7, 11) is 0. The molecule has 2 heterocycles. The standard InChI is InChI=1S/C42H68O13/c1-21-29(47)34(55-35-32(50)31(49)30(48)24(18-43)53-35)33(51)36(52-21)54-28-11-12-38(4)25(39(28,5)19-44)10-13-40(6)26(38)9-8-22-23-16-37(2,3)14-15-42(23,20-45)27(46)17-41(22,40)7/h8-9,21,24-36,43-51H,10-20H2,1-7H3/t21?,24?,25?,26?,27?,28?,29?,30?,31?,32?,33?,34?,35?,36?,38-,39-,40+,41+,42+/m0/s1. The van der Waals surface area contributed by atoms with Gasteiger partial charge in [0.1, 0.15) is 42.7 Å². The molecule has 5 aliphatic carbocycles. The molecule has 0 spiro atoms. The van der Waals surface area contributed by atoms with Crippen molar-refractivity contribution in [1.29, 1.82) is 0 Å². The summed E-state index contributed by atoms with van der Waals surface area (Å²) in [5.41, 5.74) is 0.476. The molecule has 7 rings (SSSR count). The molecule has 0 aromatic rings. The number of hydrogen-bond acceptors (Lipinski definition) is 13. The maximum atomic E-state index is 12.0. The highest BCUT2D eigenvalue weighted by Gasteiger charge is 2.69. The lowest BCUT2D eigenvalue weighted by molar-refractivity contribution is -0.367. The Morgan fingerprint density at radius 1 is 0.745 bits per heavy atom. The molecule has 55 heavy (non-hydrogen) atoms. The van der Waals surface area contributed by atoms with Gasteiger partial charge < -0.3 is 64.9 Å². The van der Waals surface area contributed by atoms with Crippen molar-refractivity contribution in [2.45, 2.75) is 173 Å². The summed E-state index contributed by atoms with van der Waals surface area (Å²) in [5, 5.41) is 97.6. The largest absolute Gasteiger partial charge is 0.396 e. The fraction of sp³-hybridized carbons (Fsp3) is 0.905. The molecule has 2 aliphatic heterocycles. The van der Waals surface area contributed by atoms with E-state index in [2.05, 4.69) is 46.8 Å². The highest BCUT2D eigenvalue weighted by atomic mass is 16.7.